The third-order valence-electron chi connectivity index (χ3n) is 8.16. The van der Waals surface area contributed by atoms with Crippen LogP contribution in [0.3, 0.4) is 0 Å². The van der Waals surface area contributed by atoms with E-state index in [1.165, 1.54) is 24.7 Å². The molecule has 0 bridgehead atoms. The first-order chi connectivity index (χ1) is 21.9. The summed E-state index contributed by atoms with van der Waals surface area (Å²) in [5.41, 5.74) is 5.23. The first kappa shape index (κ1) is 41.3. The highest BCUT2D eigenvalue weighted by molar-refractivity contribution is 6.37. The second kappa shape index (κ2) is 19.2. The Balaban J connectivity index is 0.00000167. The Morgan fingerprint density at radius 2 is 1.45 bits per heavy atom. The summed E-state index contributed by atoms with van der Waals surface area (Å²) in [6.45, 7) is 19.1. The smallest absolute Gasteiger partial charge is 0.315 e. The molecule has 3 rings (SSSR count). The standard InChI is InChI=1S/C30H45N5O6.C4H8.C2H6/c1-17(2)22(15-21(36)14-20-11-9-8-10-12-20)33-29(41)34-25(30(5,6)7)28(40)35-16-18(3)13-23(35)27(39)32-19(4)24(37)26(31)38;1-4-2-3-4;1-2/h8-12,17-19,22-23,25H,13-16H2,1-7H3,(H2,31,38)(H,32,39)(H2,33,34,41);4H,2-3H2,1H3;1-2H3/t18?,19?,22?,23-,25?;;/m0../s1. The first-order valence-electron chi connectivity index (χ1n) is 17.0. The molecule has 0 spiro atoms. The molecule has 0 aromatic heterocycles. The van der Waals surface area contributed by atoms with Gasteiger partial charge in [0.15, 0.2) is 0 Å². The minimum Gasteiger partial charge on any atom is -0.363 e. The molecule has 1 aromatic rings. The minimum absolute atomic E-state index is 0.00718. The summed E-state index contributed by atoms with van der Waals surface area (Å²) >= 11 is 0. The van der Waals surface area contributed by atoms with Gasteiger partial charge in [-0.15, -0.1) is 0 Å². The predicted octanol–water partition coefficient (Wildman–Crippen LogP) is 4.17. The van der Waals surface area contributed by atoms with Crippen molar-refractivity contribution in [1.82, 2.24) is 20.9 Å². The fourth-order valence-electron chi connectivity index (χ4n) is 5.04. The van der Waals surface area contributed by atoms with Gasteiger partial charge in [0.1, 0.15) is 17.9 Å². The average molecular weight is 658 g/mol. The van der Waals surface area contributed by atoms with Crippen molar-refractivity contribution in [3.05, 3.63) is 35.9 Å². The van der Waals surface area contributed by atoms with Crippen molar-refractivity contribution in [3.8, 4) is 0 Å². The molecule has 1 aromatic carbocycles. The lowest BCUT2D eigenvalue weighted by Gasteiger charge is -2.36. The van der Waals surface area contributed by atoms with Crippen molar-refractivity contribution in [1.29, 1.82) is 0 Å². The predicted molar refractivity (Wildman–Crippen MR) is 184 cm³/mol. The molecular weight excluding hydrogens is 598 g/mol. The van der Waals surface area contributed by atoms with Gasteiger partial charge in [-0.25, -0.2) is 4.79 Å². The van der Waals surface area contributed by atoms with Crippen LogP contribution in [-0.4, -0.2) is 70.9 Å². The lowest BCUT2D eigenvalue weighted by molar-refractivity contribution is -0.143. The SMILES string of the molecule is CC.CC1CC1.CC1C[C@@H](C(=O)NC(C)C(=O)C(N)=O)N(C(=O)C(NC(=O)NC(CC(=O)Cc2ccccc2)C(C)C)C(C)(C)C)C1. The molecule has 11 heteroatoms. The Labute approximate surface area is 281 Å². The van der Waals surface area contributed by atoms with E-state index in [0.29, 0.717) is 6.42 Å². The van der Waals surface area contributed by atoms with E-state index in [-0.39, 0.29) is 37.0 Å². The van der Waals surface area contributed by atoms with Crippen LogP contribution in [-0.2, 0) is 30.4 Å². The minimum atomic E-state index is -1.16. The summed E-state index contributed by atoms with van der Waals surface area (Å²) in [5.74, 6) is -2.08. The van der Waals surface area contributed by atoms with E-state index < -0.39 is 59.1 Å². The number of likely N-dealkylation sites (tertiary alicyclic amines) is 1. The van der Waals surface area contributed by atoms with Gasteiger partial charge in [0.25, 0.3) is 5.91 Å². The van der Waals surface area contributed by atoms with E-state index in [1.807, 2.05) is 65.0 Å². The molecule has 47 heavy (non-hydrogen) atoms. The summed E-state index contributed by atoms with van der Waals surface area (Å²) in [4.78, 5) is 77.3. The Morgan fingerprint density at radius 3 is 1.91 bits per heavy atom. The number of benzene rings is 1. The van der Waals surface area contributed by atoms with Gasteiger partial charge in [-0.1, -0.05) is 105 Å². The van der Waals surface area contributed by atoms with Crippen LogP contribution in [0.5, 0.6) is 0 Å². The van der Waals surface area contributed by atoms with Gasteiger partial charge in [-0.05, 0) is 42.1 Å². The number of nitrogens with two attached hydrogens (primary N) is 1. The van der Waals surface area contributed by atoms with E-state index in [4.69, 9.17) is 5.73 Å². The molecule has 5 atom stereocenters. The van der Waals surface area contributed by atoms with Gasteiger partial charge in [0.2, 0.25) is 17.6 Å². The number of carbonyl (C=O) groups excluding carboxylic acids is 6. The number of nitrogens with one attached hydrogen (secondary N) is 3. The molecule has 1 aliphatic carbocycles. The number of hydrogen-bond acceptors (Lipinski definition) is 6. The van der Waals surface area contributed by atoms with Crippen molar-refractivity contribution in [2.24, 2.45) is 28.9 Å². The molecule has 11 nitrogen and oxygen atoms in total. The number of hydrogen-bond donors (Lipinski definition) is 4. The van der Waals surface area contributed by atoms with Gasteiger partial charge in [0.05, 0.1) is 6.04 Å². The van der Waals surface area contributed by atoms with Crippen LogP contribution in [0.4, 0.5) is 4.79 Å². The molecule has 5 N–H and O–H groups in total. The normalized spacial score (nSPS) is 19.1. The number of carbonyl (C=O) groups is 6. The van der Waals surface area contributed by atoms with Crippen molar-refractivity contribution in [2.45, 2.75) is 126 Å². The monoisotopic (exact) mass is 657 g/mol. The number of rotatable bonds is 12. The Morgan fingerprint density at radius 1 is 0.894 bits per heavy atom. The van der Waals surface area contributed by atoms with Crippen LogP contribution in [0.2, 0.25) is 0 Å². The number of primary amides is 1. The molecule has 2 aliphatic rings. The molecule has 1 saturated heterocycles. The molecule has 0 radical (unpaired) electrons. The molecule has 5 amide bonds. The Hall–Kier alpha value is -3.76. The largest absolute Gasteiger partial charge is 0.363 e. The van der Waals surface area contributed by atoms with E-state index >= 15 is 0 Å². The van der Waals surface area contributed by atoms with Crippen LogP contribution in [0, 0.1) is 23.2 Å². The quantitative estimate of drug-likeness (QED) is 0.246. The highest BCUT2D eigenvalue weighted by Gasteiger charge is 2.44. The highest BCUT2D eigenvalue weighted by atomic mass is 16.2. The fourth-order valence-corrected chi connectivity index (χ4v) is 5.04. The molecule has 264 valence electrons. The van der Waals surface area contributed by atoms with Crippen LogP contribution in [0.25, 0.3) is 0 Å². The number of ketones is 2. The fraction of sp³-hybridized carbons (Fsp3) is 0.667. The number of nitrogens with zero attached hydrogens (tertiary/aromatic N) is 1. The molecule has 1 heterocycles. The van der Waals surface area contributed by atoms with Gasteiger partial charge >= 0.3 is 6.03 Å². The van der Waals surface area contributed by atoms with E-state index in [1.54, 1.807) is 20.8 Å². The van der Waals surface area contributed by atoms with Crippen LogP contribution >= 0.6 is 0 Å². The third kappa shape index (κ3) is 14.3. The Kier molecular flexibility index (Phi) is 16.8. The lowest BCUT2D eigenvalue weighted by Crippen LogP contribution is -2.60. The maximum Gasteiger partial charge on any atom is 0.315 e. The molecule has 4 unspecified atom stereocenters. The van der Waals surface area contributed by atoms with Crippen molar-refractivity contribution in [2.75, 3.05) is 6.54 Å². The van der Waals surface area contributed by atoms with Crippen molar-refractivity contribution in [3.63, 3.8) is 0 Å². The zero-order chi connectivity index (χ0) is 36.1. The Bertz CT molecular complexity index is 1210. The maximum absolute atomic E-state index is 13.8. The summed E-state index contributed by atoms with van der Waals surface area (Å²) in [5, 5.41) is 8.15. The topological polar surface area (TPSA) is 168 Å². The van der Waals surface area contributed by atoms with Gasteiger partial charge in [0, 0.05) is 25.4 Å². The summed E-state index contributed by atoms with van der Waals surface area (Å²) in [6.07, 6.45) is 3.73. The number of urea groups is 1. The zero-order valence-electron chi connectivity index (χ0n) is 30.1. The number of amides is 5. The summed E-state index contributed by atoms with van der Waals surface area (Å²) in [6, 6.07) is 5.35. The third-order valence-corrected chi connectivity index (χ3v) is 8.16. The van der Waals surface area contributed by atoms with Gasteiger partial charge in [-0.3, -0.25) is 24.0 Å². The average Bonchev–Trinajstić information content (AvgIpc) is 3.68. The van der Waals surface area contributed by atoms with Crippen LogP contribution in [0.1, 0.15) is 100 Å². The van der Waals surface area contributed by atoms with Gasteiger partial charge < -0.3 is 26.6 Å². The maximum atomic E-state index is 13.8. The van der Waals surface area contributed by atoms with Crippen LogP contribution < -0.4 is 21.7 Å². The van der Waals surface area contributed by atoms with E-state index in [2.05, 4.69) is 22.9 Å². The number of Topliss-reactive ketones (excluding diaryl/α,β-unsaturated/α-hetero) is 2. The second-order valence-electron chi connectivity index (χ2n) is 14.2. The molecule has 2 fully saturated rings. The molecule has 1 saturated carbocycles. The first-order valence-corrected chi connectivity index (χ1v) is 17.0. The van der Waals surface area contributed by atoms with Crippen LogP contribution in [0.15, 0.2) is 30.3 Å². The zero-order valence-corrected chi connectivity index (χ0v) is 30.1. The lowest BCUT2D eigenvalue weighted by atomic mass is 9.85. The summed E-state index contributed by atoms with van der Waals surface area (Å²) < 4.78 is 0. The second-order valence-corrected chi connectivity index (χ2v) is 14.2. The molecular formula is C36H59N5O6. The van der Waals surface area contributed by atoms with E-state index in [9.17, 15) is 28.8 Å². The molecule has 1 aliphatic heterocycles. The summed E-state index contributed by atoms with van der Waals surface area (Å²) in [7, 11) is 0. The highest BCUT2D eigenvalue weighted by Crippen LogP contribution is 2.29. The van der Waals surface area contributed by atoms with Gasteiger partial charge in [-0.2, -0.15) is 0 Å². The van der Waals surface area contributed by atoms with E-state index in [0.717, 1.165) is 11.5 Å². The van der Waals surface area contributed by atoms with Crippen molar-refractivity contribution < 1.29 is 28.8 Å². The van der Waals surface area contributed by atoms with Crippen molar-refractivity contribution >= 4 is 35.3 Å².